The maximum atomic E-state index is 13.5. The summed E-state index contributed by atoms with van der Waals surface area (Å²) in [4.78, 5) is 8.60. The Balaban J connectivity index is 1.72. The van der Waals surface area contributed by atoms with E-state index in [1.165, 1.54) is 6.92 Å². The fourth-order valence-electron chi connectivity index (χ4n) is 3.79. The van der Waals surface area contributed by atoms with E-state index in [4.69, 9.17) is 16.3 Å². The molecule has 8 heteroatoms. The highest BCUT2D eigenvalue weighted by molar-refractivity contribution is 6.30. The Bertz CT molecular complexity index is 1270. The van der Waals surface area contributed by atoms with E-state index in [-0.39, 0.29) is 12.4 Å². The standard InChI is InChI=1S/C26H25ClFN5O/c1-18(28)15-30-17-24(34-22-5-3-2-4-6-22)23-13-20-16-31-25(14-29)32-26(20)33(23)12-11-19-7-9-21(27)10-8-19/h2-10,13,16,18,24,30H,11-12,15,17H2,1H3. The van der Waals surface area contributed by atoms with E-state index < -0.39 is 12.3 Å². The Hall–Kier alpha value is -3.47. The molecule has 0 saturated carbocycles. The van der Waals surface area contributed by atoms with E-state index in [0.29, 0.717) is 29.5 Å². The van der Waals surface area contributed by atoms with Crippen molar-refractivity contribution >= 4 is 22.6 Å². The van der Waals surface area contributed by atoms with Gasteiger partial charge in [0.15, 0.2) is 6.10 Å². The summed E-state index contributed by atoms with van der Waals surface area (Å²) in [6.45, 7) is 2.75. The Kier molecular flexibility index (Phi) is 7.73. The molecule has 4 aromatic rings. The van der Waals surface area contributed by atoms with Crippen LogP contribution in [-0.4, -0.2) is 33.8 Å². The van der Waals surface area contributed by atoms with Gasteiger partial charge in [-0.1, -0.05) is 41.9 Å². The van der Waals surface area contributed by atoms with Crippen LogP contribution in [0.1, 0.15) is 30.1 Å². The van der Waals surface area contributed by atoms with Crippen LogP contribution < -0.4 is 10.1 Å². The molecule has 0 fully saturated rings. The molecule has 0 spiro atoms. The third-order valence-corrected chi connectivity index (χ3v) is 5.66. The average molecular weight is 478 g/mol. The van der Waals surface area contributed by atoms with Crippen molar-refractivity contribution in [3.05, 3.63) is 89.0 Å². The SMILES string of the molecule is CC(F)CNCC(Oc1ccccc1)c1cc2cnc(C#N)nc2n1CCc1ccc(Cl)cc1. The van der Waals surface area contributed by atoms with Crippen LogP contribution in [0.5, 0.6) is 5.75 Å². The molecule has 0 radical (unpaired) electrons. The minimum Gasteiger partial charge on any atom is -0.483 e. The van der Waals surface area contributed by atoms with Gasteiger partial charge < -0.3 is 14.6 Å². The van der Waals surface area contributed by atoms with Crippen LogP contribution in [0.3, 0.4) is 0 Å². The maximum Gasteiger partial charge on any atom is 0.234 e. The summed E-state index contributed by atoms with van der Waals surface area (Å²) >= 11 is 6.03. The molecule has 34 heavy (non-hydrogen) atoms. The number of ether oxygens (including phenoxy) is 1. The summed E-state index contributed by atoms with van der Waals surface area (Å²) < 4.78 is 21.9. The van der Waals surface area contributed by atoms with Crippen molar-refractivity contribution < 1.29 is 9.13 Å². The number of nitriles is 1. The van der Waals surface area contributed by atoms with Crippen molar-refractivity contribution in [2.45, 2.75) is 32.2 Å². The molecular weight excluding hydrogens is 453 g/mol. The third kappa shape index (κ3) is 5.90. The van der Waals surface area contributed by atoms with Gasteiger partial charge in [-0.25, -0.2) is 14.4 Å². The first-order valence-electron chi connectivity index (χ1n) is 11.1. The molecule has 2 unspecified atom stereocenters. The summed E-state index contributed by atoms with van der Waals surface area (Å²) in [5.74, 6) is 0.815. The molecule has 4 rings (SSSR count). The van der Waals surface area contributed by atoms with Gasteiger partial charge in [-0.15, -0.1) is 0 Å². The lowest BCUT2D eigenvalue weighted by Crippen LogP contribution is -2.30. The van der Waals surface area contributed by atoms with Crippen LogP contribution in [0.15, 0.2) is 66.9 Å². The molecule has 2 aromatic heterocycles. The first-order chi connectivity index (χ1) is 16.5. The molecule has 0 aliphatic carbocycles. The van der Waals surface area contributed by atoms with Gasteiger partial charge in [0.1, 0.15) is 23.6 Å². The van der Waals surface area contributed by atoms with E-state index in [1.54, 1.807) is 6.20 Å². The second-order valence-corrected chi connectivity index (χ2v) is 8.48. The molecule has 1 N–H and O–H groups in total. The first kappa shape index (κ1) is 23.7. The second-order valence-electron chi connectivity index (χ2n) is 8.04. The number of halogens is 2. The topological polar surface area (TPSA) is 75.8 Å². The zero-order valence-electron chi connectivity index (χ0n) is 18.8. The highest BCUT2D eigenvalue weighted by Crippen LogP contribution is 2.28. The second kappa shape index (κ2) is 11.1. The lowest BCUT2D eigenvalue weighted by atomic mass is 10.1. The maximum absolute atomic E-state index is 13.5. The molecular formula is C26H25ClFN5O. The van der Waals surface area contributed by atoms with Gasteiger partial charge in [-0.3, -0.25) is 0 Å². The van der Waals surface area contributed by atoms with Gasteiger partial charge in [0, 0.05) is 36.2 Å². The van der Waals surface area contributed by atoms with E-state index >= 15 is 0 Å². The number of aryl methyl sites for hydroxylation is 2. The largest absolute Gasteiger partial charge is 0.483 e. The van der Waals surface area contributed by atoms with Crippen LogP contribution >= 0.6 is 11.6 Å². The third-order valence-electron chi connectivity index (χ3n) is 5.41. The number of aromatic nitrogens is 3. The number of benzene rings is 2. The van der Waals surface area contributed by atoms with Gasteiger partial charge in [0.2, 0.25) is 5.82 Å². The Morgan fingerprint density at radius 1 is 1.15 bits per heavy atom. The highest BCUT2D eigenvalue weighted by atomic mass is 35.5. The molecule has 2 heterocycles. The highest BCUT2D eigenvalue weighted by Gasteiger charge is 2.22. The van der Waals surface area contributed by atoms with Gasteiger partial charge in [-0.05, 0) is 49.2 Å². The number of hydrogen-bond acceptors (Lipinski definition) is 5. The summed E-state index contributed by atoms with van der Waals surface area (Å²) in [5.41, 5.74) is 2.66. The Morgan fingerprint density at radius 2 is 1.91 bits per heavy atom. The zero-order valence-corrected chi connectivity index (χ0v) is 19.5. The summed E-state index contributed by atoms with van der Waals surface area (Å²) in [6.07, 6.45) is 0.996. The number of alkyl halides is 1. The molecule has 0 amide bonds. The number of fused-ring (bicyclic) bond motifs is 1. The van der Waals surface area contributed by atoms with Crippen molar-refractivity contribution in [2.24, 2.45) is 0 Å². The van der Waals surface area contributed by atoms with E-state index in [9.17, 15) is 9.65 Å². The van der Waals surface area contributed by atoms with Crippen molar-refractivity contribution in [1.82, 2.24) is 19.9 Å². The lowest BCUT2D eigenvalue weighted by molar-refractivity contribution is 0.188. The number of rotatable bonds is 10. The summed E-state index contributed by atoms with van der Waals surface area (Å²) in [6, 6.07) is 21.2. The first-order valence-corrected chi connectivity index (χ1v) is 11.5. The van der Waals surface area contributed by atoms with Crippen molar-refractivity contribution in [2.75, 3.05) is 13.1 Å². The quantitative estimate of drug-likeness (QED) is 0.337. The minimum atomic E-state index is -0.975. The fraction of sp³-hybridized carbons (Fsp3) is 0.269. The monoisotopic (exact) mass is 477 g/mol. The van der Waals surface area contributed by atoms with Crippen LogP contribution in [0.25, 0.3) is 11.0 Å². The summed E-state index contributed by atoms with van der Waals surface area (Å²) in [5, 5.41) is 14.0. The predicted octanol–water partition coefficient (Wildman–Crippen LogP) is 5.27. The van der Waals surface area contributed by atoms with E-state index in [2.05, 4.69) is 19.9 Å². The van der Waals surface area contributed by atoms with Crippen LogP contribution in [0.4, 0.5) is 4.39 Å². The van der Waals surface area contributed by atoms with Crippen molar-refractivity contribution in [3.63, 3.8) is 0 Å². The normalized spacial score (nSPS) is 12.9. The molecule has 0 saturated heterocycles. The number of hydrogen-bond donors (Lipinski definition) is 1. The molecule has 0 aliphatic heterocycles. The molecule has 6 nitrogen and oxygen atoms in total. The van der Waals surface area contributed by atoms with Gasteiger partial charge in [0.05, 0.1) is 5.69 Å². The Labute approximate surface area is 203 Å². The molecule has 0 bridgehead atoms. The fourth-order valence-corrected chi connectivity index (χ4v) is 3.92. The van der Waals surface area contributed by atoms with E-state index in [0.717, 1.165) is 23.1 Å². The molecule has 2 aromatic carbocycles. The number of nitrogens with one attached hydrogen (secondary N) is 1. The predicted molar refractivity (Wildman–Crippen MR) is 131 cm³/mol. The number of para-hydroxylation sites is 1. The van der Waals surface area contributed by atoms with Crippen LogP contribution in [-0.2, 0) is 13.0 Å². The van der Waals surface area contributed by atoms with Gasteiger partial charge >= 0.3 is 0 Å². The van der Waals surface area contributed by atoms with E-state index in [1.807, 2.05) is 66.7 Å². The Morgan fingerprint density at radius 3 is 2.62 bits per heavy atom. The smallest absolute Gasteiger partial charge is 0.234 e. The van der Waals surface area contributed by atoms with Gasteiger partial charge in [0.25, 0.3) is 0 Å². The number of nitrogens with zero attached hydrogens (tertiary/aromatic N) is 4. The lowest BCUT2D eigenvalue weighted by Gasteiger charge is -2.22. The summed E-state index contributed by atoms with van der Waals surface area (Å²) in [7, 11) is 0. The zero-order chi connectivity index (χ0) is 23.9. The van der Waals surface area contributed by atoms with Crippen LogP contribution in [0.2, 0.25) is 5.02 Å². The minimum absolute atomic E-state index is 0.106. The average Bonchev–Trinajstić information content (AvgIpc) is 3.21. The van der Waals surface area contributed by atoms with Crippen LogP contribution in [0, 0.1) is 11.3 Å². The molecule has 174 valence electrons. The van der Waals surface area contributed by atoms with Crippen molar-refractivity contribution in [1.29, 1.82) is 5.26 Å². The molecule has 2 atom stereocenters. The van der Waals surface area contributed by atoms with Gasteiger partial charge in [-0.2, -0.15) is 5.26 Å². The molecule has 0 aliphatic rings. The van der Waals surface area contributed by atoms with Crippen molar-refractivity contribution in [3.8, 4) is 11.8 Å².